The van der Waals surface area contributed by atoms with Crippen molar-refractivity contribution in [2.24, 2.45) is 0 Å². The van der Waals surface area contributed by atoms with Crippen molar-refractivity contribution in [3.05, 3.63) is 347 Å². The summed E-state index contributed by atoms with van der Waals surface area (Å²) in [5.41, 5.74) is 29.9. The summed E-state index contributed by atoms with van der Waals surface area (Å²) in [6.45, 7) is 20.0. The summed E-state index contributed by atoms with van der Waals surface area (Å²) < 4.78 is 7.01. The van der Waals surface area contributed by atoms with Gasteiger partial charge in [-0.25, -0.2) is 0 Å². The lowest BCUT2D eigenvalue weighted by molar-refractivity contribution is 0.436. The molecule has 1 aliphatic heterocycles. The maximum absolute atomic E-state index is 7.01. The van der Waals surface area contributed by atoms with Crippen LogP contribution in [0.1, 0.15) is 98.5 Å². The van der Waals surface area contributed by atoms with Gasteiger partial charge in [0.2, 0.25) is 0 Å². The van der Waals surface area contributed by atoms with Crippen molar-refractivity contribution in [1.29, 1.82) is 0 Å². The number of para-hydroxylation sites is 2. The number of hydrogen-bond acceptors (Lipinski definition) is 3. The van der Waals surface area contributed by atoms with Gasteiger partial charge in [-0.05, 0) is 194 Å². The molecule has 0 saturated carbocycles. The number of anilines is 6. The minimum atomic E-state index is -0.800. The Balaban J connectivity index is 0.965. The molecule has 0 unspecified atom stereocenters. The fourth-order valence-electron chi connectivity index (χ4n) is 15.4. The monoisotopic (exact) mass is 1150 g/mol. The first kappa shape index (κ1) is 55.1. The van der Waals surface area contributed by atoms with Gasteiger partial charge in [-0.1, -0.05) is 241 Å². The highest BCUT2D eigenvalue weighted by Gasteiger charge is 2.54. The highest BCUT2D eigenvalue weighted by molar-refractivity contribution is 6.03. The van der Waals surface area contributed by atoms with Crippen LogP contribution in [0.2, 0.25) is 0 Å². The summed E-state index contributed by atoms with van der Waals surface area (Å²) in [6, 6.07) is 92.7. The Morgan fingerprint density at radius 1 is 0.427 bits per heavy atom. The maximum atomic E-state index is 7.01. The van der Waals surface area contributed by atoms with Crippen LogP contribution < -0.4 is 14.5 Å². The van der Waals surface area contributed by atoms with Crippen molar-refractivity contribution >= 4 is 45.3 Å². The molecule has 11 aromatic carbocycles. The number of rotatable bonds is 12. The molecule has 3 aliphatic carbocycles. The van der Waals surface area contributed by atoms with Crippen LogP contribution in [-0.2, 0) is 16.2 Å². The molecule has 0 amide bonds. The zero-order valence-electron chi connectivity index (χ0n) is 51.6. The Morgan fingerprint density at radius 3 is 1.56 bits per heavy atom. The van der Waals surface area contributed by atoms with E-state index in [1.54, 1.807) is 0 Å². The number of benzene rings is 11. The summed E-state index contributed by atoms with van der Waals surface area (Å²) in [5, 5.41) is 0. The fourth-order valence-corrected chi connectivity index (χ4v) is 15.4. The molecule has 3 nitrogen and oxygen atoms in total. The average Bonchev–Trinajstić information content (AvgIpc) is 1.55. The quantitative estimate of drug-likeness (QED) is 0.113. The molecular weight excluding hydrogens is 1080 g/mol. The van der Waals surface area contributed by atoms with Gasteiger partial charge in [0.15, 0.2) is 0 Å². The average molecular weight is 1150 g/mol. The smallest absolute Gasteiger partial charge is 0.132 e. The lowest BCUT2D eigenvalue weighted by Gasteiger charge is -2.41. The van der Waals surface area contributed by atoms with E-state index < -0.39 is 5.41 Å². The third-order valence-electron chi connectivity index (χ3n) is 19.6. The van der Waals surface area contributed by atoms with Crippen LogP contribution in [0.25, 0.3) is 55.7 Å². The summed E-state index contributed by atoms with van der Waals surface area (Å²) >= 11 is 0. The lowest BCUT2D eigenvalue weighted by atomic mass is 9.65. The number of ether oxygens (including phenoxy) is 1. The minimum Gasteiger partial charge on any atom is -0.457 e. The van der Waals surface area contributed by atoms with Crippen molar-refractivity contribution in [2.75, 3.05) is 9.80 Å². The first-order valence-electron chi connectivity index (χ1n) is 31.2. The molecule has 1 heterocycles. The second-order valence-corrected chi connectivity index (χ2v) is 25.1. The van der Waals surface area contributed by atoms with E-state index in [1.807, 2.05) is 12.2 Å². The van der Waals surface area contributed by atoms with E-state index in [2.05, 4.69) is 338 Å². The van der Waals surface area contributed by atoms with Gasteiger partial charge in [-0.2, -0.15) is 0 Å². The predicted octanol–water partition coefficient (Wildman–Crippen LogP) is 23.5. The van der Waals surface area contributed by atoms with Crippen molar-refractivity contribution in [1.82, 2.24) is 0 Å². The summed E-state index contributed by atoms with van der Waals surface area (Å²) in [5.74, 6) is 1.70. The zero-order valence-corrected chi connectivity index (χ0v) is 51.6. The zero-order chi connectivity index (χ0) is 60.8. The van der Waals surface area contributed by atoms with E-state index in [0.717, 1.165) is 79.0 Å². The van der Waals surface area contributed by atoms with E-state index in [4.69, 9.17) is 4.74 Å². The van der Waals surface area contributed by atoms with Gasteiger partial charge in [-0.15, -0.1) is 0 Å². The molecule has 0 atom stereocenters. The van der Waals surface area contributed by atoms with Gasteiger partial charge in [0.1, 0.15) is 11.5 Å². The predicted molar refractivity (Wildman–Crippen MR) is 375 cm³/mol. The van der Waals surface area contributed by atoms with E-state index in [0.29, 0.717) is 0 Å². The number of fused-ring (bicyclic) bond motifs is 13. The maximum Gasteiger partial charge on any atom is 0.132 e. The third-order valence-corrected chi connectivity index (χ3v) is 19.6. The molecular formula is C86H70N2O. The van der Waals surface area contributed by atoms with E-state index >= 15 is 0 Å². The molecule has 0 aromatic heterocycles. The fraction of sp³-hybridized carbons (Fsp3) is 0.116. The molecule has 430 valence electrons. The highest BCUT2D eigenvalue weighted by Crippen LogP contribution is 2.66. The second kappa shape index (κ2) is 21.4. The van der Waals surface area contributed by atoms with E-state index in [9.17, 15) is 0 Å². The Kier molecular flexibility index (Phi) is 13.3. The molecule has 0 saturated heterocycles. The van der Waals surface area contributed by atoms with Crippen LogP contribution in [0.3, 0.4) is 0 Å². The molecule has 3 heteroatoms. The van der Waals surface area contributed by atoms with Gasteiger partial charge < -0.3 is 14.5 Å². The van der Waals surface area contributed by atoms with Gasteiger partial charge >= 0.3 is 0 Å². The Labute approximate surface area is 524 Å². The van der Waals surface area contributed by atoms with Crippen LogP contribution in [0.15, 0.2) is 297 Å². The number of hydrogen-bond donors (Lipinski definition) is 0. The SMILES string of the molecule is C=C/C=C\C(=C/C)c1ccc(N(c2ccc3c(c2)C(C)(C)C(/C=C\C)=C3C)c2ccc(-c3ccc(N(c4ccc(-c5ccccc5)cc4)c4ccc5c(c4)C(C)(C)c4ccccc4-5)cc3)c3c2C2(c4ccccc4Oc4ccccc42)c2ccccc2-3)cc1. The van der Waals surface area contributed by atoms with Gasteiger partial charge in [0.25, 0.3) is 0 Å². The van der Waals surface area contributed by atoms with Crippen LogP contribution in [0.4, 0.5) is 34.1 Å². The van der Waals surface area contributed by atoms with Gasteiger partial charge in [0, 0.05) is 56.0 Å². The van der Waals surface area contributed by atoms with Crippen molar-refractivity contribution in [3.8, 4) is 56.0 Å². The summed E-state index contributed by atoms with van der Waals surface area (Å²) in [7, 11) is 0. The lowest BCUT2D eigenvalue weighted by Crippen LogP contribution is -2.33. The van der Waals surface area contributed by atoms with Crippen LogP contribution in [0.5, 0.6) is 11.5 Å². The summed E-state index contributed by atoms with van der Waals surface area (Å²) in [6.07, 6.45) is 12.6. The van der Waals surface area contributed by atoms with Crippen molar-refractivity contribution < 1.29 is 4.74 Å². The molecule has 0 bridgehead atoms. The summed E-state index contributed by atoms with van der Waals surface area (Å²) in [4.78, 5) is 4.97. The van der Waals surface area contributed by atoms with Gasteiger partial charge in [-0.3, -0.25) is 0 Å². The first-order chi connectivity index (χ1) is 43.4. The largest absolute Gasteiger partial charge is 0.457 e. The van der Waals surface area contributed by atoms with E-state index in [-0.39, 0.29) is 10.8 Å². The molecule has 0 fully saturated rings. The first-order valence-corrected chi connectivity index (χ1v) is 31.2. The second-order valence-electron chi connectivity index (χ2n) is 25.1. The molecule has 4 aliphatic rings. The highest BCUT2D eigenvalue weighted by atomic mass is 16.5. The Hall–Kier alpha value is -10.5. The van der Waals surface area contributed by atoms with Crippen molar-refractivity contribution in [3.63, 3.8) is 0 Å². The van der Waals surface area contributed by atoms with Crippen LogP contribution in [0, 0.1) is 0 Å². The molecule has 15 rings (SSSR count). The normalized spacial score (nSPS) is 15.0. The van der Waals surface area contributed by atoms with Crippen molar-refractivity contribution in [2.45, 2.75) is 64.7 Å². The van der Waals surface area contributed by atoms with E-state index in [1.165, 1.54) is 77.9 Å². The topological polar surface area (TPSA) is 15.7 Å². The molecule has 1 spiro atoms. The molecule has 89 heavy (non-hydrogen) atoms. The molecule has 0 N–H and O–H groups in total. The molecule has 11 aromatic rings. The standard InChI is InChI=1S/C86H70N2O/c1-9-12-25-57(11-3)59-36-44-64(45-37-59)88(66-48-50-67-56(4)72(24-10-2)84(5,6)77(67)55-66)79-53-52-68(82-71-29-17-19-31-74(71)86(83(79)82)75-32-20-22-34-80(75)89-81-35-23-21-33-76(81)86)61-40-46-63(47-41-61)87(62-42-38-60(39-43-62)58-26-14-13-15-27-58)65-49-51-70-69-28-16-18-30-73(69)85(7,8)78(70)54-65/h9-55H,1H2,2-8H3/b24-10-,25-12-,57-11+. The number of nitrogens with zero attached hydrogens (tertiary/aromatic N) is 2. The molecule has 0 radical (unpaired) electrons. The minimum absolute atomic E-state index is 0.165. The Morgan fingerprint density at radius 2 is 0.921 bits per heavy atom. The van der Waals surface area contributed by atoms with Gasteiger partial charge in [0.05, 0.1) is 11.1 Å². The van der Waals surface area contributed by atoms with Crippen LogP contribution >= 0.6 is 0 Å². The Bertz CT molecular complexity index is 4730. The number of allylic oxidation sites excluding steroid dienone is 9. The third kappa shape index (κ3) is 8.54. The van der Waals surface area contributed by atoms with Crippen LogP contribution in [-0.4, -0.2) is 0 Å².